The number of hydrogen-bond donors (Lipinski definition) is 0. The molecule has 1 aliphatic carbocycles. The third-order valence-corrected chi connectivity index (χ3v) is 19.4. The predicted octanol–water partition coefficient (Wildman–Crippen LogP) is 6.77. The minimum atomic E-state index is -2.83. The average Bonchev–Trinajstić information content (AvgIpc) is 2.71. The van der Waals surface area contributed by atoms with Crippen LogP contribution in [-0.2, 0) is 23.1 Å². The van der Waals surface area contributed by atoms with E-state index in [0.29, 0.717) is 5.92 Å². The van der Waals surface area contributed by atoms with E-state index in [4.69, 9.17) is 12.3 Å². The summed E-state index contributed by atoms with van der Waals surface area (Å²) in [4.78, 5) is 0. The molecule has 1 fully saturated rings. The molecule has 1 aliphatic rings. The summed E-state index contributed by atoms with van der Waals surface area (Å²) in [6, 6.07) is 0. The minimum absolute atomic E-state index is 0.206. The van der Waals surface area contributed by atoms with Gasteiger partial charge in [-0.05, 0) is 64.5 Å². The molecule has 0 heterocycles. The molecule has 0 N–H and O–H groups in total. The summed E-state index contributed by atoms with van der Waals surface area (Å²) >= 11 is 0. The molecule has 0 saturated heterocycles. The monoisotopic (exact) mass is 552 g/mol. The molecule has 1 saturated carbocycles. The van der Waals surface area contributed by atoms with Gasteiger partial charge in [-0.2, -0.15) is 0 Å². The summed E-state index contributed by atoms with van der Waals surface area (Å²) < 4.78 is 33.8. The van der Waals surface area contributed by atoms with Gasteiger partial charge in [0.15, 0.2) is 27.1 Å². The van der Waals surface area contributed by atoms with Crippen molar-refractivity contribution in [2.75, 3.05) is 11.5 Å². The molecule has 0 aromatic heterocycles. The first-order chi connectivity index (χ1) is 15.7. The van der Waals surface area contributed by atoms with Crippen molar-refractivity contribution in [1.29, 1.82) is 0 Å². The second kappa shape index (κ2) is 18.2. The fourth-order valence-corrected chi connectivity index (χ4v) is 20.9. The standard InChI is InChI=1S/C24H56O4SSi4/c1-8-9-10-11-12-13-17-20-24(22-29(25)21-23-18-15-14-16-19-23)33(26-30(2)3,27-31(4)5)28-32(6)7/h23-24,30-32H,8-22H2,1-7H3. The molecular formula is C24H56O4SSi4. The molecule has 0 aliphatic heterocycles. The van der Waals surface area contributed by atoms with E-state index in [1.165, 1.54) is 77.0 Å². The molecule has 33 heavy (non-hydrogen) atoms. The van der Waals surface area contributed by atoms with Gasteiger partial charge in [-0.1, -0.05) is 71.1 Å². The number of hydrogen-bond acceptors (Lipinski definition) is 4. The van der Waals surface area contributed by atoms with Gasteiger partial charge in [-0.25, -0.2) is 0 Å². The van der Waals surface area contributed by atoms with Crippen molar-refractivity contribution in [3.63, 3.8) is 0 Å². The Morgan fingerprint density at radius 2 is 1.27 bits per heavy atom. The van der Waals surface area contributed by atoms with E-state index in [-0.39, 0.29) is 5.54 Å². The van der Waals surface area contributed by atoms with Gasteiger partial charge in [-0.3, -0.25) is 4.21 Å². The lowest BCUT2D eigenvalue weighted by Crippen LogP contribution is -2.57. The Balaban J connectivity index is 2.95. The number of unbranched alkanes of at least 4 members (excludes halogenated alkanes) is 6. The molecule has 9 heteroatoms. The van der Waals surface area contributed by atoms with Gasteiger partial charge >= 0.3 is 8.80 Å². The second-order valence-corrected chi connectivity index (χ2v) is 23.7. The van der Waals surface area contributed by atoms with Crippen molar-refractivity contribution in [3.8, 4) is 0 Å². The lowest BCUT2D eigenvalue weighted by molar-refractivity contribution is 0.249. The van der Waals surface area contributed by atoms with Crippen LogP contribution >= 0.6 is 0 Å². The van der Waals surface area contributed by atoms with E-state index in [1.54, 1.807) is 0 Å². The van der Waals surface area contributed by atoms with Gasteiger partial charge in [0, 0.05) is 27.8 Å². The summed E-state index contributed by atoms with van der Waals surface area (Å²) in [7, 11) is -7.70. The van der Waals surface area contributed by atoms with Crippen molar-refractivity contribution in [1.82, 2.24) is 0 Å². The highest BCUT2D eigenvalue weighted by Gasteiger charge is 2.50. The molecule has 0 radical (unpaired) electrons. The summed E-state index contributed by atoms with van der Waals surface area (Å²) in [6.07, 6.45) is 16.7. The average molecular weight is 553 g/mol. The Bertz CT molecular complexity index is 490. The second-order valence-electron chi connectivity index (χ2n) is 11.0. The first-order valence-corrected chi connectivity index (χ1v) is 25.7. The Hall–Kier alpha value is 0.898. The van der Waals surface area contributed by atoms with Crippen molar-refractivity contribution in [2.24, 2.45) is 5.92 Å². The third kappa shape index (κ3) is 14.3. The van der Waals surface area contributed by atoms with Crippen molar-refractivity contribution in [3.05, 3.63) is 0 Å². The molecule has 0 aromatic rings. The summed E-state index contributed by atoms with van der Waals surface area (Å²) in [5.41, 5.74) is 0.206. The van der Waals surface area contributed by atoms with Crippen LogP contribution in [0.2, 0.25) is 44.8 Å². The van der Waals surface area contributed by atoms with Gasteiger partial charge < -0.3 is 12.3 Å². The molecule has 0 aromatic carbocycles. The Labute approximate surface area is 215 Å². The van der Waals surface area contributed by atoms with Crippen LogP contribution < -0.4 is 0 Å². The largest absolute Gasteiger partial charge is 0.473 e. The van der Waals surface area contributed by atoms with Crippen LogP contribution in [0.15, 0.2) is 0 Å². The zero-order chi connectivity index (χ0) is 24.7. The van der Waals surface area contributed by atoms with E-state index in [2.05, 4.69) is 46.2 Å². The zero-order valence-electron chi connectivity index (χ0n) is 23.0. The van der Waals surface area contributed by atoms with Gasteiger partial charge in [0.2, 0.25) is 0 Å². The highest BCUT2D eigenvalue weighted by molar-refractivity contribution is 7.85. The maximum absolute atomic E-state index is 13.4. The van der Waals surface area contributed by atoms with Crippen LogP contribution in [0.4, 0.5) is 0 Å². The van der Waals surface area contributed by atoms with Crippen molar-refractivity contribution in [2.45, 2.75) is 135 Å². The lowest BCUT2D eigenvalue weighted by Gasteiger charge is -2.41. The minimum Gasteiger partial charge on any atom is -0.420 e. The smallest absolute Gasteiger partial charge is 0.420 e. The van der Waals surface area contributed by atoms with Gasteiger partial charge in [0.05, 0.1) is 0 Å². The molecule has 0 spiro atoms. The summed E-state index contributed by atoms with van der Waals surface area (Å²) in [5.74, 6) is 2.24. The van der Waals surface area contributed by atoms with Crippen LogP contribution in [0.5, 0.6) is 0 Å². The lowest BCUT2D eigenvalue weighted by atomic mass is 9.91. The molecule has 198 valence electrons. The fourth-order valence-electron chi connectivity index (χ4n) is 4.98. The highest BCUT2D eigenvalue weighted by atomic mass is 32.2. The van der Waals surface area contributed by atoms with E-state index in [0.717, 1.165) is 17.9 Å². The Morgan fingerprint density at radius 3 is 1.76 bits per heavy atom. The van der Waals surface area contributed by atoms with E-state index >= 15 is 0 Å². The topological polar surface area (TPSA) is 44.8 Å². The Kier molecular flexibility index (Phi) is 17.6. The quantitative estimate of drug-likeness (QED) is 0.131. The first kappa shape index (κ1) is 31.9. The van der Waals surface area contributed by atoms with Gasteiger partial charge in [0.1, 0.15) is 0 Å². The SMILES string of the molecule is CCCCCCCCCC(CS(=O)CC1CCCCC1)[Si](O[SiH](C)C)(O[SiH](C)C)O[SiH](C)C. The molecule has 1 rings (SSSR count). The number of rotatable bonds is 19. The molecule has 2 atom stereocenters. The van der Waals surface area contributed by atoms with E-state index in [9.17, 15) is 4.21 Å². The van der Waals surface area contributed by atoms with Crippen LogP contribution in [0.25, 0.3) is 0 Å². The van der Waals surface area contributed by atoms with Crippen LogP contribution in [0, 0.1) is 5.92 Å². The Morgan fingerprint density at radius 1 is 0.788 bits per heavy atom. The normalized spacial score (nSPS) is 17.9. The maximum atomic E-state index is 13.4. The molecule has 4 nitrogen and oxygen atoms in total. The molecular weight excluding hydrogens is 497 g/mol. The maximum Gasteiger partial charge on any atom is 0.473 e. The van der Waals surface area contributed by atoms with Crippen molar-refractivity contribution >= 4 is 46.7 Å². The van der Waals surface area contributed by atoms with Crippen LogP contribution in [0.1, 0.15) is 90.4 Å². The van der Waals surface area contributed by atoms with Crippen LogP contribution in [-0.4, -0.2) is 51.6 Å². The zero-order valence-corrected chi connectivity index (χ0v) is 28.3. The molecule has 0 bridgehead atoms. The first-order valence-electron chi connectivity index (χ1n) is 14.1. The summed E-state index contributed by atoms with van der Waals surface area (Å²) in [6.45, 7) is 15.7. The predicted molar refractivity (Wildman–Crippen MR) is 156 cm³/mol. The van der Waals surface area contributed by atoms with Gasteiger partial charge in [-0.15, -0.1) is 0 Å². The fraction of sp³-hybridized carbons (Fsp3) is 1.00. The summed E-state index contributed by atoms with van der Waals surface area (Å²) in [5, 5.41) is 0. The van der Waals surface area contributed by atoms with Crippen molar-refractivity contribution < 1.29 is 16.6 Å². The van der Waals surface area contributed by atoms with E-state index in [1.807, 2.05) is 0 Å². The molecule has 0 amide bonds. The van der Waals surface area contributed by atoms with Gasteiger partial charge in [0.25, 0.3) is 0 Å². The van der Waals surface area contributed by atoms with E-state index < -0.39 is 46.7 Å². The highest BCUT2D eigenvalue weighted by Crippen LogP contribution is 2.35. The van der Waals surface area contributed by atoms with Crippen LogP contribution in [0.3, 0.4) is 0 Å². The molecule has 2 unspecified atom stereocenters. The third-order valence-electron chi connectivity index (χ3n) is 6.39.